The number of fused-ring (bicyclic) bond motifs is 1. The molecule has 6 nitrogen and oxygen atoms in total. The maximum absolute atomic E-state index is 12.7. The Morgan fingerprint density at radius 3 is 2.88 bits per heavy atom. The summed E-state index contributed by atoms with van der Waals surface area (Å²) in [7, 11) is 1.51. The van der Waals surface area contributed by atoms with E-state index in [1.165, 1.54) is 29.3 Å². The molecule has 8 heteroatoms. The average molecular weight is 392 g/mol. The molecule has 1 atom stereocenters. The number of amides is 1. The van der Waals surface area contributed by atoms with E-state index < -0.39 is 6.04 Å². The number of hydrogen-bond acceptors (Lipinski definition) is 5. The number of rotatable bonds is 5. The lowest BCUT2D eigenvalue weighted by Gasteiger charge is -2.16. The Labute approximate surface area is 159 Å². The van der Waals surface area contributed by atoms with Crippen LogP contribution < -0.4 is 15.6 Å². The number of ether oxygens (including phenoxy) is 1. The predicted octanol–water partition coefficient (Wildman–Crippen LogP) is 3.88. The summed E-state index contributed by atoms with van der Waals surface area (Å²) in [4.78, 5) is 31.5. The largest absolute Gasteiger partial charge is 0.495 e. The number of carbonyl (C=O) groups excluding carboxylic acids is 1. The Morgan fingerprint density at radius 2 is 2.19 bits per heavy atom. The Hall–Kier alpha value is -2.38. The van der Waals surface area contributed by atoms with E-state index in [0.717, 1.165) is 11.3 Å². The standard InChI is InChI=1S/C18H18ClN3O3S/c1-4-12-8-13-17(26-12)20-9-22(18(13)24)10(2)16(23)21-14-7-11(19)5-6-15(14)25-3/h5-10H,4H2,1-3H3,(H,21,23). The summed E-state index contributed by atoms with van der Waals surface area (Å²) in [6, 6.07) is 6.04. The van der Waals surface area contributed by atoms with Crippen LogP contribution in [0, 0.1) is 0 Å². The van der Waals surface area contributed by atoms with Gasteiger partial charge in [0.15, 0.2) is 0 Å². The summed E-state index contributed by atoms with van der Waals surface area (Å²) < 4.78 is 6.56. The molecule has 1 amide bonds. The first kappa shape index (κ1) is 18.4. The van der Waals surface area contributed by atoms with Gasteiger partial charge >= 0.3 is 0 Å². The van der Waals surface area contributed by atoms with E-state index in [4.69, 9.17) is 16.3 Å². The molecule has 0 aliphatic carbocycles. The van der Waals surface area contributed by atoms with Crippen molar-refractivity contribution >= 4 is 44.7 Å². The van der Waals surface area contributed by atoms with Crippen molar-refractivity contribution < 1.29 is 9.53 Å². The molecule has 0 bridgehead atoms. The molecule has 0 radical (unpaired) electrons. The van der Waals surface area contributed by atoms with Crippen molar-refractivity contribution in [3.8, 4) is 5.75 Å². The molecular formula is C18H18ClN3O3S. The normalized spacial score (nSPS) is 12.2. The fraction of sp³-hybridized carbons (Fsp3) is 0.278. The summed E-state index contributed by atoms with van der Waals surface area (Å²) >= 11 is 7.48. The molecule has 2 aromatic heterocycles. The van der Waals surface area contributed by atoms with Gasteiger partial charge in [0.2, 0.25) is 5.91 Å². The SMILES string of the molecule is CCc1cc2c(=O)n(C(C)C(=O)Nc3cc(Cl)ccc3OC)cnc2s1. The lowest BCUT2D eigenvalue weighted by atomic mass is 10.2. The van der Waals surface area contributed by atoms with Crippen LogP contribution in [0.25, 0.3) is 10.2 Å². The molecule has 0 fully saturated rings. The van der Waals surface area contributed by atoms with Gasteiger partial charge in [0.1, 0.15) is 16.6 Å². The highest BCUT2D eigenvalue weighted by atomic mass is 35.5. The van der Waals surface area contributed by atoms with Crippen LogP contribution in [0.3, 0.4) is 0 Å². The second-order valence-electron chi connectivity index (χ2n) is 5.75. The van der Waals surface area contributed by atoms with E-state index in [0.29, 0.717) is 26.7 Å². The molecule has 1 unspecified atom stereocenters. The predicted molar refractivity (Wildman–Crippen MR) is 105 cm³/mol. The van der Waals surface area contributed by atoms with E-state index in [-0.39, 0.29) is 11.5 Å². The molecule has 3 rings (SSSR count). The third-order valence-electron chi connectivity index (χ3n) is 4.09. The molecule has 0 saturated carbocycles. The fourth-order valence-electron chi connectivity index (χ4n) is 2.58. The monoisotopic (exact) mass is 391 g/mol. The smallest absolute Gasteiger partial charge is 0.262 e. The molecule has 2 heterocycles. The van der Waals surface area contributed by atoms with Crippen LogP contribution >= 0.6 is 22.9 Å². The van der Waals surface area contributed by atoms with E-state index in [2.05, 4.69) is 10.3 Å². The Balaban J connectivity index is 1.91. The lowest BCUT2D eigenvalue weighted by molar-refractivity contribution is -0.118. The number of carbonyl (C=O) groups is 1. The summed E-state index contributed by atoms with van der Waals surface area (Å²) in [6.07, 6.45) is 2.26. The highest BCUT2D eigenvalue weighted by Gasteiger charge is 2.20. The maximum atomic E-state index is 12.7. The second kappa shape index (κ2) is 7.47. The first-order valence-electron chi connectivity index (χ1n) is 8.08. The molecule has 0 spiro atoms. The number of hydrogen-bond donors (Lipinski definition) is 1. The number of nitrogens with zero attached hydrogens (tertiary/aromatic N) is 2. The zero-order chi connectivity index (χ0) is 18.8. The molecular weight excluding hydrogens is 374 g/mol. The van der Waals surface area contributed by atoms with Gasteiger partial charge in [-0.2, -0.15) is 0 Å². The van der Waals surface area contributed by atoms with Gasteiger partial charge in [-0.1, -0.05) is 18.5 Å². The van der Waals surface area contributed by atoms with Crippen molar-refractivity contribution in [2.45, 2.75) is 26.3 Å². The Kier molecular flexibility index (Phi) is 5.29. The number of aromatic nitrogens is 2. The van der Waals surface area contributed by atoms with E-state index in [9.17, 15) is 9.59 Å². The van der Waals surface area contributed by atoms with Crippen LogP contribution in [0.1, 0.15) is 24.8 Å². The third kappa shape index (κ3) is 3.45. The Bertz CT molecular complexity index is 1030. The number of nitrogens with one attached hydrogen (secondary N) is 1. The molecule has 0 aliphatic heterocycles. The molecule has 1 N–H and O–H groups in total. The van der Waals surface area contributed by atoms with Crippen LogP contribution in [0.4, 0.5) is 5.69 Å². The first-order valence-corrected chi connectivity index (χ1v) is 9.28. The third-order valence-corrected chi connectivity index (χ3v) is 5.51. The van der Waals surface area contributed by atoms with Gasteiger partial charge in [-0.25, -0.2) is 4.98 Å². The van der Waals surface area contributed by atoms with E-state index >= 15 is 0 Å². The zero-order valence-corrected chi connectivity index (χ0v) is 16.1. The fourth-order valence-corrected chi connectivity index (χ4v) is 3.68. The van der Waals surface area contributed by atoms with Gasteiger partial charge in [0.25, 0.3) is 5.56 Å². The number of thiophene rings is 1. The lowest BCUT2D eigenvalue weighted by Crippen LogP contribution is -2.31. The second-order valence-corrected chi connectivity index (χ2v) is 7.30. The molecule has 136 valence electrons. The quantitative estimate of drug-likeness (QED) is 0.716. The number of benzene rings is 1. The number of aryl methyl sites for hydroxylation is 1. The van der Waals surface area contributed by atoms with Crippen LogP contribution in [-0.4, -0.2) is 22.6 Å². The molecule has 3 aromatic rings. The van der Waals surface area contributed by atoms with Gasteiger partial charge in [0.05, 0.1) is 24.5 Å². The number of methoxy groups -OCH3 is 1. The van der Waals surface area contributed by atoms with Gasteiger partial charge in [-0.3, -0.25) is 14.2 Å². The van der Waals surface area contributed by atoms with Crippen molar-refractivity contribution in [1.82, 2.24) is 9.55 Å². The highest BCUT2D eigenvalue weighted by molar-refractivity contribution is 7.18. The number of halogens is 1. The maximum Gasteiger partial charge on any atom is 0.262 e. The highest BCUT2D eigenvalue weighted by Crippen LogP contribution is 2.28. The Morgan fingerprint density at radius 1 is 1.42 bits per heavy atom. The first-order chi connectivity index (χ1) is 12.4. The number of anilines is 1. The summed E-state index contributed by atoms with van der Waals surface area (Å²) in [6.45, 7) is 3.67. The van der Waals surface area contributed by atoms with Crippen molar-refractivity contribution in [1.29, 1.82) is 0 Å². The van der Waals surface area contributed by atoms with Gasteiger partial charge in [-0.15, -0.1) is 11.3 Å². The molecule has 26 heavy (non-hydrogen) atoms. The minimum atomic E-state index is -0.743. The minimum Gasteiger partial charge on any atom is -0.495 e. The molecule has 1 aromatic carbocycles. The average Bonchev–Trinajstić information content (AvgIpc) is 3.06. The van der Waals surface area contributed by atoms with Gasteiger partial charge in [0, 0.05) is 9.90 Å². The summed E-state index contributed by atoms with van der Waals surface area (Å²) in [5.41, 5.74) is 0.217. The van der Waals surface area contributed by atoms with Crippen molar-refractivity contribution in [2.24, 2.45) is 0 Å². The van der Waals surface area contributed by atoms with Crippen LogP contribution in [0.2, 0.25) is 5.02 Å². The van der Waals surface area contributed by atoms with E-state index in [1.54, 1.807) is 25.1 Å². The summed E-state index contributed by atoms with van der Waals surface area (Å²) in [5, 5.41) is 3.77. The van der Waals surface area contributed by atoms with Crippen molar-refractivity contribution in [3.63, 3.8) is 0 Å². The minimum absolute atomic E-state index is 0.230. The van der Waals surface area contributed by atoms with Crippen LogP contribution in [-0.2, 0) is 11.2 Å². The summed E-state index contributed by atoms with van der Waals surface area (Å²) in [5.74, 6) is 0.126. The molecule has 0 saturated heterocycles. The van der Waals surface area contributed by atoms with E-state index in [1.807, 2.05) is 13.0 Å². The van der Waals surface area contributed by atoms with Crippen LogP contribution in [0.15, 0.2) is 35.4 Å². The van der Waals surface area contributed by atoms with Crippen molar-refractivity contribution in [2.75, 3.05) is 12.4 Å². The molecule has 0 aliphatic rings. The van der Waals surface area contributed by atoms with Crippen LogP contribution in [0.5, 0.6) is 5.75 Å². The topological polar surface area (TPSA) is 73.2 Å². The van der Waals surface area contributed by atoms with Gasteiger partial charge < -0.3 is 10.1 Å². The van der Waals surface area contributed by atoms with Gasteiger partial charge in [-0.05, 0) is 37.6 Å². The zero-order valence-electron chi connectivity index (χ0n) is 14.6. The van der Waals surface area contributed by atoms with Crippen molar-refractivity contribution in [3.05, 3.63) is 50.8 Å².